The first-order chi connectivity index (χ1) is 10.8. The molecule has 1 fully saturated rings. The summed E-state index contributed by atoms with van der Waals surface area (Å²) in [4.78, 5) is 4.55. The van der Waals surface area contributed by atoms with E-state index in [9.17, 15) is 0 Å². The highest BCUT2D eigenvalue weighted by molar-refractivity contribution is 5.60. The lowest BCUT2D eigenvalue weighted by Gasteiger charge is -2.18. The van der Waals surface area contributed by atoms with E-state index < -0.39 is 0 Å². The van der Waals surface area contributed by atoms with Crippen molar-refractivity contribution in [2.24, 2.45) is 0 Å². The van der Waals surface area contributed by atoms with Gasteiger partial charge in [-0.15, -0.1) is 0 Å². The largest absolute Gasteiger partial charge is 0.493 e. The van der Waals surface area contributed by atoms with Crippen molar-refractivity contribution in [3.05, 3.63) is 24.1 Å². The molecule has 2 aromatic rings. The molecule has 118 valence electrons. The fourth-order valence-corrected chi connectivity index (χ4v) is 2.67. The molecule has 6 heteroatoms. The molecule has 0 bridgehead atoms. The van der Waals surface area contributed by atoms with Crippen LogP contribution in [0.3, 0.4) is 0 Å². The van der Waals surface area contributed by atoms with Gasteiger partial charge < -0.3 is 19.3 Å². The van der Waals surface area contributed by atoms with Gasteiger partial charge in [0.05, 0.1) is 13.7 Å². The van der Waals surface area contributed by atoms with E-state index in [1.54, 1.807) is 7.11 Å². The van der Waals surface area contributed by atoms with Gasteiger partial charge in [-0.2, -0.15) is 4.98 Å². The van der Waals surface area contributed by atoms with Crippen molar-refractivity contribution in [2.45, 2.75) is 25.7 Å². The summed E-state index contributed by atoms with van der Waals surface area (Å²) < 4.78 is 16.3. The smallest absolute Gasteiger partial charge is 0.230 e. The van der Waals surface area contributed by atoms with Crippen LogP contribution in [0.5, 0.6) is 11.5 Å². The Bertz CT molecular complexity index is 621. The molecule has 0 spiro atoms. The second kappa shape index (κ2) is 6.79. The molecule has 1 aromatic carbocycles. The van der Waals surface area contributed by atoms with E-state index >= 15 is 0 Å². The first-order valence-corrected chi connectivity index (χ1v) is 7.67. The molecule has 1 aliphatic rings. The maximum atomic E-state index is 5.52. The van der Waals surface area contributed by atoms with Crippen LogP contribution in [-0.4, -0.2) is 36.9 Å². The second-order valence-corrected chi connectivity index (χ2v) is 5.28. The minimum atomic E-state index is 0.354. The number of benzene rings is 1. The number of hydrogen-bond acceptors (Lipinski definition) is 6. The molecule has 0 aliphatic carbocycles. The zero-order valence-corrected chi connectivity index (χ0v) is 13.0. The molecule has 0 saturated carbocycles. The van der Waals surface area contributed by atoms with Crippen LogP contribution >= 0.6 is 0 Å². The quantitative estimate of drug-likeness (QED) is 0.915. The highest BCUT2D eigenvalue weighted by atomic mass is 16.5. The van der Waals surface area contributed by atoms with Crippen LogP contribution in [0.2, 0.25) is 0 Å². The molecule has 6 nitrogen and oxygen atoms in total. The van der Waals surface area contributed by atoms with Crippen molar-refractivity contribution in [1.82, 2.24) is 15.5 Å². The maximum Gasteiger partial charge on any atom is 0.230 e. The van der Waals surface area contributed by atoms with E-state index in [4.69, 9.17) is 14.0 Å². The Kier molecular flexibility index (Phi) is 4.58. The van der Waals surface area contributed by atoms with Crippen molar-refractivity contribution in [3.63, 3.8) is 0 Å². The van der Waals surface area contributed by atoms with Gasteiger partial charge in [0.25, 0.3) is 0 Å². The average molecular weight is 303 g/mol. The highest BCUT2D eigenvalue weighted by Gasteiger charge is 2.22. The number of nitrogens with zero attached hydrogens (tertiary/aromatic N) is 2. The van der Waals surface area contributed by atoms with Gasteiger partial charge in [-0.25, -0.2) is 0 Å². The van der Waals surface area contributed by atoms with Gasteiger partial charge in [-0.05, 0) is 51.1 Å². The lowest BCUT2D eigenvalue weighted by Crippen LogP contribution is -2.26. The Morgan fingerprint density at radius 3 is 2.82 bits per heavy atom. The third-order valence-corrected chi connectivity index (χ3v) is 3.85. The minimum Gasteiger partial charge on any atom is -0.493 e. The number of nitrogens with one attached hydrogen (secondary N) is 1. The third-order valence-electron chi connectivity index (χ3n) is 3.85. The predicted octanol–water partition coefficient (Wildman–Crippen LogP) is 2.61. The Balaban J connectivity index is 1.83. The predicted molar refractivity (Wildman–Crippen MR) is 82.3 cm³/mol. The number of rotatable bonds is 5. The topological polar surface area (TPSA) is 69.4 Å². The maximum absolute atomic E-state index is 5.52. The van der Waals surface area contributed by atoms with Gasteiger partial charge in [0, 0.05) is 11.5 Å². The molecular formula is C16H21N3O3. The SMILES string of the molecule is CCOc1ccc(-c2noc(C3CCNCC3)n2)cc1OC. The molecule has 1 saturated heterocycles. The standard InChI is InChI=1S/C16H21N3O3/c1-3-21-13-5-4-12(10-14(13)20-2)15-18-16(22-19-15)11-6-8-17-9-7-11/h4-5,10-11,17H,3,6-9H2,1-2H3. The van der Waals surface area contributed by atoms with E-state index in [0.717, 1.165) is 43.1 Å². The van der Waals surface area contributed by atoms with Gasteiger partial charge in [0.2, 0.25) is 11.7 Å². The van der Waals surface area contributed by atoms with Crippen molar-refractivity contribution < 1.29 is 14.0 Å². The van der Waals surface area contributed by atoms with Crippen LogP contribution in [0.15, 0.2) is 22.7 Å². The normalized spacial score (nSPS) is 15.7. The minimum absolute atomic E-state index is 0.354. The molecular weight excluding hydrogens is 282 g/mol. The van der Waals surface area contributed by atoms with Gasteiger partial charge in [0.1, 0.15) is 0 Å². The monoisotopic (exact) mass is 303 g/mol. The number of methoxy groups -OCH3 is 1. The summed E-state index contributed by atoms with van der Waals surface area (Å²) >= 11 is 0. The second-order valence-electron chi connectivity index (χ2n) is 5.28. The lowest BCUT2D eigenvalue weighted by molar-refractivity contribution is 0.311. The number of piperidine rings is 1. The first-order valence-electron chi connectivity index (χ1n) is 7.67. The number of hydrogen-bond donors (Lipinski definition) is 1. The zero-order valence-electron chi connectivity index (χ0n) is 13.0. The Hall–Kier alpha value is -2.08. The summed E-state index contributed by atoms with van der Waals surface area (Å²) in [5.41, 5.74) is 0.865. The van der Waals surface area contributed by atoms with Crippen LogP contribution in [-0.2, 0) is 0 Å². The summed E-state index contributed by atoms with van der Waals surface area (Å²) in [6.45, 7) is 4.54. The molecule has 0 unspecified atom stereocenters. The average Bonchev–Trinajstić information content (AvgIpc) is 3.06. The van der Waals surface area contributed by atoms with Crippen molar-refractivity contribution in [3.8, 4) is 22.9 Å². The molecule has 2 heterocycles. The molecule has 0 amide bonds. The van der Waals surface area contributed by atoms with E-state index in [1.807, 2.05) is 25.1 Å². The summed E-state index contributed by atoms with van der Waals surface area (Å²) in [5.74, 6) is 3.06. The van der Waals surface area contributed by atoms with Crippen LogP contribution in [0.25, 0.3) is 11.4 Å². The van der Waals surface area contributed by atoms with Gasteiger partial charge >= 0.3 is 0 Å². The molecule has 1 aromatic heterocycles. The van der Waals surface area contributed by atoms with E-state index in [1.165, 1.54) is 0 Å². The summed E-state index contributed by atoms with van der Waals surface area (Å²) in [7, 11) is 1.62. The molecule has 3 rings (SSSR count). The molecule has 0 radical (unpaired) electrons. The van der Waals surface area contributed by atoms with Crippen LogP contribution in [0, 0.1) is 0 Å². The Morgan fingerprint density at radius 1 is 1.27 bits per heavy atom. The van der Waals surface area contributed by atoms with E-state index in [-0.39, 0.29) is 0 Å². The van der Waals surface area contributed by atoms with Gasteiger partial charge in [-0.3, -0.25) is 0 Å². The number of ether oxygens (including phenoxy) is 2. The Labute approximate surface area is 129 Å². The molecule has 1 aliphatic heterocycles. The fraction of sp³-hybridized carbons (Fsp3) is 0.500. The lowest BCUT2D eigenvalue weighted by atomic mass is 9.98. The first kappa shape index (κ1) is 14.8. The fourth-order valence-electron chi connectivity index (χ4n) is 2.67. The zero-order chi connectivity index (χ0) is 15.4. The molecule has 1 N–H and O–H groups in total. The third kappa shape index (κ3) is 3.06. The highest BCUT2D eigenvalue weighted by Crippen LogP contribution is 2.32. The molecule has 22 heavy (non-hydrogen) atoms. The Morgan fingerprint density at radius 2 is 2.09 bits per heavy atom. The van der Waals surface area contributed by atoms with Crippen LogP contribution in [0.4, 0.5) is 0 Å². The van der Waals surface area contributed by atoms with Crippen LogP contribution in [0.1, 0.15) is 31.6 Å². The van der Waals surface area contributed by atoms with E-state index in [2.05, 4.69) is 15.5 Å². The summed E-state index contributed by atoms with van der Waals surface area (Å²) in [6, 6.07) is 5.67. The van der Waals surface area contributed by atoms with Crippen molar-refractivity contribution in [2.75, 3.05) is 26.8 Å². The van der Waals surface area contributed by atoms with Gasteiger partial charge in [-0.1, -0.05) is 5.16 Å². The van der Waals surface area contributed by atoms with Crippen molar-refractivity contribution >= 4 is 0 Å². The molecule has 0 atom stereocenters. The number of aromatic nitrogens is 2. The van der Waals surface area contributed by atoms with Crippen LogP contribution < -0.4 is 14.8 Å². The summed E-state index contributed by atoms with van der Waals surface area (Å²) in [5, 5.41) is 7.45. The van der Waals surface area contributed by atoms with Gasteiger partial charge in [0.15, 0.2) is 11.5 Å². The summed E-state index contributed by atoms with van der Waals surface area (Å²) in [6.07, 6.45) is 2.07. The van der Waals surface area contributed by atoms with E-state index in [0.29, 0.717) is 24.1 Å². The van der Waals surface area contributed by atoms with Crippen molar-refractivity contribution in [1.29, 1.82) is 0 Å².